The highest BCUT2D eigenvalue weighted by Crippen LogP contribution is 2.39. The van der Waals surface area contributed by atoms with Crippen molar-refractivity contribution in [3.8, 4) is 0 Å². The molecule has 0 spiro atoms. The lowest BCUT2D eigenvalue weighted by Crippen LogP contribution is -2.30. The third-order valence-corrected chi connectivity index (χ3v) is 5.73. The summed E-state index contributed by atoms with van der Waals surface area (Å²) in [6, 6.07) is 1.23. The van der Waals surface area contributed by atoms with Gasteiger partial charge in [-0.2, -0.15) is 0 Å². The highest BCUT2D eigenvalue weighted by Gasteiger charge is 2.33. The van der Waals surface area contributed by atoms with E-state index in [1.807, 2.05) is 0 Å². The summed E-state index contributed by atoms with van der Waals surface area (Å²) < 4.78 is 84.6. The molecule has 13 heteroatoms. The Hall–Kier alpha value is -1.89. The van der Waals surface area contributed by atoms with Crippen LogP contribution in [0, 0.1) is 17.5 Å². The van der Waals surface area contributed by atoms with Crippen molar-refractivity contribution >= 4 is 35.1 Å². The number of aromatic nitrogens is 1. The quantitative estimate of drug-likeness (QED) is 0.261. The summed E-state index contributed by atoms with van der Waals surface area (Å²) in [6.45, 7) is 1.56. The number of hydrogen-bond acceptors (Lipinski definition) is 4. The topological polar surface area (TPSA) is 55.3 Å². The van der Waals surface area contributed by atoms with Gasteiger partial charge in [0.2, 0.25) is 0 Å². The molecule has 1 atom stereocenters. The summed E-state index contributed by atoms with van der Waals surface area (Å²) in [5.74, 6) is -5.43. The molecule has 1 amide bonds. The third-order valence-electron chi connectivity index (χ3n) is 4.15. The number of carbonyl (C=O) groups excluding carboxylic acids is 1. The largest absolute Gasteiger partial charge is 0.524 e. The molecular weight excluding hydrogens is 460 g/mol. The number of hydrogen-bond donors (Lipinski definition) is 2. The van der Waals surface area contributed by atoms with E-state index in [2.05, 4.69) is 14.8 Å². The first-order valence-corrected chi connectivity index (χ1v) is 9.71. The van der Waals surface area contributed by atoms with Gasteiger partial charge in [-0.1, -0.05) is 11.6 Å². The zero-order valence-electron chi connectivity index (χ0n) is 15.2. The fourth-order valence-electron chi connectivity index (χ4n) is 3.02. The first kappa shape index (κ1) is 22.8. The minimum absolute atomic E-state index is 0.0250. The molecule has 1 unspecified atom stereocenters. The van der Waals surface area contributed by atoms with Crippen molar-refractivity contribution in [1.82, 2.24) is 9.29 Å². The fraction of sp³-hybridized carbons (Fsp3) is 0.353. The summed E-state index contributed by atoms with van der Waals surface area (Å²) in [4.78, 5) is 13.0. The van der Waals surface area contributed by atoms with Gasteiger partial charge in [0.25, 0.3) is 5.91 Å². The minimum Gasteiger partial charge on any atom is -0.338 e. The number of halogens is 7. The van der Waals surface area contributed by atoms with Crippen LogP contribution in [-0.2, 0) is 17.7 Å². The van der Waals surface area contributed by atoms with Crippen LogP contribution < -0.4 is 10.0 Å². The van der Waals surface area contributed by atoms with Crippen molar-refractivity contribution in [2.24, 2.45) is 0 Å². The monoisotopic (exact) mass is 473 g/mol. The fourth-order valence-corrected chi connectivity index (χ4v) is 4.28. The molecule has 0 aliphatic carbocycles. The normalized spacial score (nSPS) is 14.7. The molecule has 2 aromatic rings. The number of nitrogens with zero attached hydrogens (tertiary/aromatic N) is 1. The van der Waals surface area contributed by atoms with Crippen LogP contribution in [0.25, 0.3) is 0 Å². The van der Waals surface area contributed by atoms with Crippen LogP contribution in [0.2, 0.25) is 5.02 Å². The number of amides is 1. The molecule has 1 aromatic carbocycles. The number of benzene rings is 1. The van der Waals surface area contributed by atoms with Gasteiger partial charge in [-0.3, -0.25) is 9.53 Å². The second kappa shape index (κ2) is 8.69. The maximum absolute atomic E-state index is 13.4. The Morgan fingerprint density at radius 1 is 1.27 bits per heavy atom. The maximum atomic E-state index is 13.4. The average Bonchev–Trinajstić information content (AvgIpc) is 3.16. The third kappa shape index (κ3) is 4.88. The van der Waals surface area contributed by atoms with Crippen LogP contribution in [0.1, 0.15) is 29.5 Å². The molecule has 2 heterocycles. The van der Waals surface area contributed by atoms with Gasteiger partial charge in [-0.05, 0) is 31.7 Å². The second-order valence-electron chi connectivity index (χ2n) is 6.33. The summed E-state index contributed by atoms with van der Waals surface area (Å²) >= 11 is 7.07. The van der Waals surface area contributed by atoms with Gasteiger partial charge in [-0.15, -0.1) is 13.2 Å². The average molecular weight is 474 g/mol. The molecule has 3 rings (SSSR count). The van der Waals surface area contributed by atoms with Crippen LogP contribution in [-0.4, -0.2) is 23.1 Å². The van der Waals surface area contributed by atoms with Gasteiger partial charge >= 0.3 is 6.36 Å². The molecule has 2 N–H and O–H groups in total. The Morgan fingerprint density at radius 2 is 1.90 bits per heavy atom. The van der Waals surface area contributed by atoms with E-state index < -0.39 is 35.9 Å². The summed E-state index contributed by atoms with van der Waals surface area (Å²) in [5, 5.41) is 2.21. The maximum Gasteiger partial charge on any atom is 0.524 e. The standard InChI is InChI=1S/C17H14ClF6N3O2S/c1-7(29-17(22,23)24)26-30-15-11-3-2-4-27(11)14(12(15)18)16(28)25-8-5-9(19)13(21)10(20)6-8/h5-7,26H,2-4H2,1H3,(H,25,28). The van der Waals surface area contributed by atoms with Crippen LogP contribution in [0.4, 0.5) is 32.0 Å². The Labute approximate surface area is 175 Å². The molecule has 164 valence electrons. The molecular formula is C17H14ClF6N3O2S. The van der Waals surface area contributed by atoms with Crippen molar-refractivity contribution in [1.29, 1.82) is 0 Å². The van der Waals surface area contributed by atoms with Crippen molar-refractivity contribution in [2.45, 2.75) is 43.8 Å². The Balaban J connectivity index is 1.82. The Kier molecular flexibility index (Phi) is 6.60. The predicted octanol–water partition coefficient (Wildman–Crippen LogP) is 5.24. The Bertz CT molecular complexity index is 958. The number of nitrogens with one attached hydrogen (secondary N) is 2. The van der Waals surface area contributed by atoms with Crippen LogP contribution in [0.3, 0.4) is 0 Å². The predicted molar refractivity (Wildman–Crippen MR) is 97.6 cm³/mol. The van der Waals surface area contributed by atoms with E-state index in [0.29, 0.717) is 42.1 Å². The number of fused-ring (bicyclic) bond motifs is 1. The lowest BCUT2D eigenvalue weighted by molar-refractivity contribution is -0.341. The Morgan fingerprint density at radius 3 is 2.50 bits per heavy atom. The zero-order chi connectivity index (χ0) is 22.2. The van der Waals surface area contributed by atoms with E-state index in [9.17, 15) is 31.1 Å². The van der Waals surface area contributed by atoms with Crippen molar-refractivity contribution in [3.05, 3.63) is 46.0 Å². The summed E-state index contributed by atoms with van der Waals surface area (Å²) in [5.41, 5.74) is 0.280. The van der Waals surface area contributed by atoms with E-state index in [-0.39, 0.29) is 16.4 Å². The van der Waals surface area contributed by atoms with E-state index in [1.165, 1.54) is 0 Å². The minimum atomic E-state index is -4.83. The van der Waals surface area contributed by atoms with E-state index in [1.54, 1.807) is 4.57 Å². The molecule has 0 bridgehead atoms. The van der Waals surface area contributed by atoms with Gasteiger partial charge in [0, 0.05) is 30.1 Å². The van der Waals surface area contributed by atoms with Crippen LogP contribution in [0.5, 0.6) is 0 Å². The van der Waals surface area contributed by atoms with E-state index >= 15 is 0 Å². The first-order chi connectivity index (χ1) is 14.0. The molecule has 1 aliphatic rings. The smallest absolute Gasteiger partial charge is 0.338 e. The van der Waals surface area contributed by atoms with Crippen molar-refractivity contribution < 1.29 is 35.9 Å². The zero-order valence-corrected chi connectivity index (χ0v) is 16.7. The molecule has 0 fully saturated rings. The first-order valence-electron chi connectivity index (χ1n) is 8.51. The number of anilines is 1. The molecule has 1 aliphatic heterocycles. The van der Waals surface area contributed by atoms with Crippen molar-refractivity contribution in [2.75, 3.05) is 5.32 Å². The lowest BCUT2D eigenvalue weighted by atomic mass is 10.2. The number of carbonyl (C=O) groups is 1. The SMILES string of the molecule is CC(NSc1c(Cl)c(C(=O)Nc2cc(F)c(F)c(F)c2)n2c1CCC2)OC(F)(F)F. The van der Waals surface area contributed by atoms with Gasteiger partial charge < -0.3 is 9.88 Å². The van der Waals surface area contributed by atoms with Gasteiger partial charge in [0.1, 0.15) is 11.9 Å². The second-order valence-corrected chi connectivity index (χ2v) is 7.55. The summed E-state index contributed by atoms with van der Waals surface area (Å²) in [7, 11) is 0. The molecule has 30 heavy (non-hydrogen) atoms. The lowest BCUT2D eigenvalue weighted by Gasteiger charge is -2.16. The van der Waals surface area contributed by atoms with Gasteiger partial charge in [0.05, 0.1) is 9.92 Å². The van der Waals surface area contributed by atoms with E-state index in [4.69, 9.17) is 11.6 Å². The van der Waals surface area contributed by atoms with Gasteiger partial charge in [0.15, 0.2) is 17.5 Å². The molecule has 0 radical (unpaired) electrons. The number of alkyl halides is 3. The van der Waals surface area contributed by atoms with Crippen LogP contribution in [0.15, 0.2) is 17.0 Å². The highest BCUT2D eigenvalue weighted by molar-refractivity contribution is 7.97. The van der Waals surface area contributed by atoms with E-state index in [0.717, 1.165) is 18.9 Å². The van der Waals surface area contributed by atoms with Crippen LogP contribution >= 0.6 is 23.5 Å². The highest BCUT2D eigenvalue weighted by atomic mass is 35.5. The van der Waals surface area contributed by atoms with Crippen molar-refractivity contribution in [3.63, 3.8) is 0 Å². The molecule has 0 saturated heterocycles. The summed E-state index contributed by atoms with van der Waals surface area (Å²) in [6.07, 6.45) is -5.05. The van der Waals surface area contributed by atoms with Gasteiger partial charge in [-0.25, -0.2) is 17.9 Å². The molecule has 1 aromatic heterocycles. The number of rotatable bonds is 6. The molecule has 0 saturated carbocycles. The number of ether oxygens (including phenoxy) is 1. The molecule has 5 nitrogen and oxygen atoms in total.